The summed E-state index contributed by atoms with van der Waals surface area (Å²) in [5.74, 6) is -1.65. The van der Waals surface area contributed by atoms with Crippen molar-refractivity contribution in [2.24, 2.45) is 11.8 Å². The highest BCUT2D eigenvalue weighted by Crippen LogP contribution is 2.41. The number of hydrogen-bond donors (Lipinski definition) is 1. The highest BCUT2D eigenvalue weighted by molar-refractivity contribution is 6.42. The topological polar surface area (TPSA) is 20.2 Å². The van der Waals surface area contributed by atoms with Gasteiger partial charge >= 0.3 is 6.18 Å². The van der Waals surface area contributed by atoms with Gasteiger partial charge in [0.1, 0.15) is 0 Å². The predicted octanol–water partition coefficient (Wildman–Crippen LogP) is 5.27. The van der Waals surface area contributed by atoms with Crippen molar-refractivity contribution in [2.45, 2.75) is 44.4 Å². The summed E-state index contributed by atoms with van der Waals surface area (Å²) >= 11 is 12.0. The van der Waals surface area contributed by atoms with Gasteiger partial charge in [0.2, 0.25) is 0 Å². The van der Waals surface area contributed by atoms with Gasteiger partial charge < -0.3 is 5.11 Å². The Bertz CT molecular complexity index is 490. The van der Waals surface area contributed by atoms with Gasteiger partial charge in [0.15, 0.2) is 0 Å². The van der Waals surface area contributed by atoms with E-state index in [0.717, 1.165) is 0 Å². The van der Waals surface area contributed by atoms with E-state index in [0.29, 0.717) is 28.5 Å². The summed E-state index contributed by atoms with van der Waals surface area (Å²) in [4.78, 5) is 0. The van der Waals surface area contributed by atoms with E-state index in [1.807, 2.05) is 0 Å². The molecular formula is C15H17Cl2F3O. The van der Waals surface area contributed by atoms with Gasteiger partial charge in [0.25, 0.3) is 0 Å². The van der Waals surface area contributed by atoms with Crippen LogP contribution in [0.5, 0.6) is 0 Å². The lowest BCUT2D eigenvalue weighted by molar-refractivity contribution is -0.188. The summed E-state index contributed by atoms with van der Waals surface area (Å²) in [5.41, 5.74) is 0.672. The molecular weight excluding hydrogens is 324 g/mol. The SMILES string of the molecule is OC(Cc1cccc(Cl)c1Cl)C1CCCC(C(F)(F)F)C1. The minimum absolute atomic E-state index is 0.0111. The summed E-state index contributed by atoms with van der Waals surface area (Å²) in [7, 11) is 0. The Morgan fingerprint density at radius 1 is 1.24 bits per heavy atom. The molecule has 3 atom stereocenters. The quantitative estimate of drug-likeness (QED) is 0.795. The third-order valence-electron chi connectivity index (χ3n) is 4.18. The highest BCUT2D eigenvalue weighted by Gasteiger charge is 2.43. The largest absolute Gasteiger partial charge is 0.392 e. The normalized spacial score (nSPS) is 24.9. The molecule has 1 fully saturated rings. The molecule has 0 spiro atoms. The lowest BCUT2D eigenvalue weighted by atomic mass is 9.77. The Morgan fingerprint density at radius 3 is 2.62 bits per heavy atom. The number of halogens is 5. The summed E-state index contributed by atoms with van der Waals surface area (Å²) in [6.45, 7) is 0. The molecule has 3 unspecified atom stereocenters. The van der Waals surface area contributed by atoms with E-state index in [-0.39, 0.29) is 25.2 Å². The van der Waals surface area contributed by atoms with Gasteiger partial charge in [0, 0.05) is 6.42 Å². The maximum absolute atomic E-state index is 12.8. The third kappa shape index (κ3) is 4.27. The zero-order valence-electron chi connectivity index (χ0n) is 11.3. The van der Waals surface area contributed by atoms with Crippen molar-refractivity contribution in [3.05, 3.63) is 33.8 Å². The zero-order chi connectivity index (χ0) is 15.6. The first-order valence-electron chi connectivity index (χ1n) is 6.96. The van der Waals surface area contributed by atoms with Crippen molar-refractivity contribution in [3.8, 4) is 0 Å². The van der Waals surface area contributed by atoms with Crippen molar-refractivity contribution in [3.63, 3.8) is 0 Å². The van der Waals surface area contributed by atoms with Crippen molar-refractivity contribution < 1.29 is 18.3 Å². The van der Waals surface area contributed by atoms with E-state index in [1.165, 1.54) is 0 Å². The molecule has 0 saturated heterocycles. The fourth-order valence-electron chi connectivity index (χ4n) is 2.97. The van der Waals surface area contributed by atoms with Crippen molar-refractivity contribution in [2.75, 3.05) is 0 Å². The van der Waals surface area contributed by atoms with Gasteiger partial charge in [-0.15, -0.1) is 0 Å². The monoisotopic (exact) mass is 340 g/mol. The molecule has 1 aliphatic carbocycles. The van der Waals surface area contributed by atoms with Crippen LogP contribution in [0.25, 0.3) is 0 Å². The van der Waals surface area contributed by atoms with Crippen LogP contribution in [0.4, 0.5) is 13.2 Å². The molecule has 1 aromatic rings. The second-order valence-corrected chi connectivity index (χ2v) is 6.43. The molecule has 118 valence electrons. The number of benzene rings is 1. The maximum atomic E-state index is 12.8. The molecule has 6 heteroatoms. The van der Waals surface area contributed by atoms with Crippen molar-refractivity contribution in [1.29, 1.82) is 0 Å². The zero-order valence-corrected chi connectivity index (χ0v) is 12.8. The number of hydrogen-bond acceptors (Lipinski definition) is 1. The second-order valence-electron chi connectivity index (χ2n) is 5.65. The number of rotatable bonds is 3. The van der Waals surface area contributed by atoms with Gasteiger partial charge in [-0.3, -0.25) is 0 Å². The molecule has 1 saturated carbocycles. The Hall–Kier alpha value is -0.450. The minimum Gasteiger partial charge on any atom is -0.392 e. The van der Waals surface area contributed by atoms with Gasteiger partial charge in [-0.25, -0.2) is 0 Å². The molecule has 1 aliphatic rings. The molecule has 1 N–H and O–H groups in total. The lowest BCUT2D eigenvalue weighted by Gasteiger charge is -2.33. The molecule has 0 aliphatic heterocycles. The number of aliphatic hydroxyl groups excluding tert-OH is 1. The summed E-state index contributed by atoms with van der Waals surface area (Å²) in [5, 5.41) is 11.0. The number of alkyl halides is 3. The van der Waals surface area contributed by atoms with Crippen LogP contribution in [-0.4, -0.2) is 17.4 Å². The van der Waals surface area contributed by atoms with Crippen LogP contribution in [0, 0.1) is 11.8 Å². The minimum atomic E-state index is -4.17. The summed E-state index contributed by atoms with van der Waals surface area (Å²) in [6, 6.07) is 5.09. The standard InChI is InChI=1S/C15H17Cl2F3O/c16-12-6-2-4-10(14(12)17)8-13(21)9-3-1-5-11(7-9)15(18,19)20/h2,4,6,9,11,13,21H,1,3,5,7-8H2. The van der Waals surface area contributed by atoms with Crippen LogP contribution in [0.3, 0.4) is 0 Å². The first-order valence-corrected chi connectivity index (χ1v) is 7.72. The molecule has 0 amide bonds. The first-order chi connectivity index (χ1) is 9.79. The molecule has 0 bridgehead atoms. The summed E-state index contributed by atoms with van der Waals surface area (Å²) in [6.07, 6.45) is -3.51. The smallest absolute Gasteiger partial charge is 0.391 e. The van der Waals surface area contributed by atoms with Crippen LogP contribution < -0.4 is 0 Å². The molecule has 21 heavy (non-hydrogen) atoms. The molecule has 0 aromatic heterocycles. The van der Waals surface area contributed by atoms with Crippen LogP contribution >= 0.6 is 23.2 Å². The lowest BCUT2D eigenvalue weighted by Crippen LogP contribution is -2.34. The second kappa shape index (κ2) is 6.76. The number of aliphatic hydroxyl groups is 1. The van der Waals surface area contributed by atoms with E-state index in [2.05, 4.69) is 0 Å². The molecule has 1 aromatic carbocycles. The molecule has 0 heterocycles. The van der Waals surface area contributed by atoms with E-state index >= 15 is 0 Å². The Balaban J connectivity index is 2.03. The Kier molecular flexibility index (Phi) is 5.44. The first kappa shape index (κ1) is 16.9. The maximum Gasteiger partial charge on any atom is 0.391 e. The molecule has 2 rings (SSSR count). The third-order valence-corrected chi connectivity index (χ3v) is 5.04. The van der Waals surface area contributed by atoms with Gasteiger partial charge in [-0.2, -0.15) is 13.2 Å². The van der Waals surface area contributed by atoms with Crippen LogP contribution in [0.15, 0.2) is 18.2 Å². The van der Waals surface area contributed by atoms with Gasteiger partial charge in [0.05, 0.1) is 22.1 Å². The van der Waals surface area contributed by atoms with Gasteiger partial charge in [-0.1, -0.05) is 41.8 Å². The van der Waals surface area contributed by atoms with E-state index in [1.54, 1.807) is 18.2 Å². The van der Waals surface area contributed by atoms with Gasteiger partial charge in [-0.05, 0) is 36.8 Å². The summed E-state index contributed by atoms with van der Waals surface area (Å²) < 4.78 is 38.4. The average Bonchev–Trinajstić information content (AvgIpc) is 2.43. The highest BCUT2D eigenvalue weighted by atomic mass is 35.5. The van der Waals surface area contributed by atoms with E-state index in [9.17, 15) is 18.3 Å². The van der Waals surface area contributed by atoms with Crippen molar-refractivity contribution >= 4 is 23.2 Å². The van der Waals surface area contributed by atoms with Crippen LogP contribution in [0.2, 0.25) is 10.0 Å². The Morgan fingerprint density at radius 2 is 1.95 bits per heavy atom. The fourth-order valence-corrected chi connectivity index (χ4v) is 3.37. The average molecular weight is 341 g/mol. The van der Waals surface area contributed by atoms with E-state index in [4.69, 9.17) is 23.2 Å². The molecule has 1 nitrogen and oxygen atoms in total. The fraction of sp³-hybridized carbons (Fsp3) is 0.600. The van der Waals surface area contributed by atoms with Crippen LogP contribution in [0.1, 0.15) is 31.2 Å². The Labute approximate surface area is 132 Å². The van der Waals surface area contributed by atoms with Crippen LogP contribution in [-0.2, 0) is 6.42 Å². The van der Waals surface area contributed by atoms with Crippen molar-refractivity contribution in [1.82, 2.24) is 0 Å². The van der Waals surface area contributed by atoms with E-state index < -0.39 is 18.2 Å². The predicted molar refractivity (Wildman–Crippen MR) is 77.7 cm³/mol. The molecule has 0 radical (unpaired) electrons.